The molecule has 0 fully saturated rings. The molecule has 0 bridgehead atoms. The average molecular weight is 216 g/mol. The third kappa shape index (κ3) is 3.12. The lowest BCUT2D eigenvalue weighted by molar-refractivity contribution is 0.286. The molecule has 0 unspecified atom stereocenters. The van der Waals surface area contributed by atoms with E-state index in [1.165, 1.54) is 6.33 Å². The second-order valence-electron chi connectivity index (χ2n) is 3.00. The first-order valence-electron chi connectivity index (χ1n) is 4.57. The highest BCUT2D eigenvalue weighted by Gasteiger charge is 2.03. The third-order valence-electron chi connectivity index (χ3n) is 1.90. The first kappa shape index (κ1) is 11.2. The molecule has 14 heavy (non-hydrogen) atoms. The van der Waals surface area contributed by atoms with Gasteiger partial charge in [-0.3, -0.25) is 0 Å². The van der Waals surface area contributed by atoms with Crippen molar-refractivity contribution in [3.05, 3.63) is 17.0 Å². The van der Waals surface area contributed by atoms with Crippen LogP contribution in [0.4, 0.5) is 5.82 Å². The molecule has 1 aromatic heterocycles. The SMILES string of the molecule is Cc1c(Cl)ncnc1NCCCCO. The molecule has 4 nitrogen and oxygen atoms in total. The summed E-state index contributed by atoms with van der Waals surface area (Å²) in [6, 6.07) is 0. The molecule has 0 saturated heterocycles. The normalized spacial score (nSPS) is 10.2. The van der Waals surface area contributed by atoms with Crippen molar-refractivity contribution in [2.24, 2.45) is 0 Å². The monoisotopic (exact) mass is 215 g/mol. The zero-order valence-corrected chi connectivity index (χ0v) is 8.88. The Hall–Kier alpha value is -0.870. The second-order valence-corrected chi connectivity index (χ2v) is 3.35. The number of unbranched alkanes of at least 4 members (excludes halogenated alkanes) is 1. The van der Waals surface area contributed by atoms with Crippen LogP contribution in [0.5, 0.6) is 0 Å². The van der Waals surface area contributed by atoms with Crippen molar-refractivity contribution in [1.82, 2.24) is 9.97 Å². The molecule has 0 aliphatic heterocycles. The second kappa shape index (κ2) is 5.78. The van der Waals surface area contributed by atoms with E-state index in [0.717, 1.165) is 30.8 Å². The van der Waals surface area contributed by atoms with Gasteiger partial charge in [0.2, 0.25) is 0 Å². The van der Waals surface area contributed by atoms with E-state index in [0.29, 0.717) is 5.15 Å². The number of rotatable bonds is 5. The lowest BCUT2D eigenvalue weighted by Gasteiger charge is -2.07. The van der Waals surface area contributed by atoms with Gasteiger partial charge in [0.1, 0.15) is 17.3 Å². The van der Waals surface area contributed by atoms with E-state index in [1.54, 1.807) is 0 Å². The standard InChI is InChI=1S/C9H14ClN3O/c1-7-8(10)12-6-13-9(7)11-4-2-3-5-14/h6,14H,2-5H2,1H3,(H,11,12,13). The fourth-order valence-electron chi connectivity index (χ4n) is 1.05. The Kier molecular flexibility index (Phi) is 4.62. The summed E-state index contributed by atoms with van der Waals surface area (Å²) < 4.78 is 0. The number of aliphatic hydroxyl groups is 1. The van der Waals surface area contributed by atoms with Crippen LogP contribution in [0.3, 0.4) is 0 Å². The molecule has 0 saturated carbocycles. The fourth-order valence-corrected chi connectivity index (χ4v) is 1.18. The van der Waals surface area contributed by atoms with Crippen LogP contribution >= 0.6 is 11.6 Å². The van der Waals surface area contributed by atoms with Crippen LogP contribution in [0.15, 0.2) is 6.33 Å². The Morgan fingerprint density at radius 1 is 1.43 bits per heavy atom. The molecule has 0 aromatic carbocycles. The van der Waals surface area contributed by atoms with Gasteiger partial charge in [-0.1, -0.05) is 11.6 Å². The molecule has 5 heteroatoms. The van der Waals surface area contributed by atoms with E-state index in [-0.39, 0.29) is 6.61 Å². The van der Waals surface area contributed by atoms with Crippen LogP contribution in [0, 0.1) is 6.92 Å². The zero-order chi connectivity index (χ0) is 10.4. The van der Waals surface area contributed by atoms with E-state index < -0.39 is 0 Å². The van der Waals surface area contributed by atoms with Crippen LogP contribution in [-0.4, -0.2) is 28.2 Å². The van der Waals surface area contributed by atoms with Gasteiger partial charge >= 0.3 is 0 Å². The molecule has 0 aliphatic rings. The number of aliphatic hydroxyl groups excluding tert-OH is 1. The van der Waals surface area contributed by atoms with Gasteiger partial charge in [0.15, 0.2) is 0 Å². The molecule has 1 heterocycles. The molecule has 0 amide bonds. The highest BCUT2D eigenvalue weighted by molar-refractivity contribution is 6.30. The van der Waals surface area contributed by atoms with E-state index in [4.69, 9.17) is 16.7 Å². The summed E-state index contributed by atoms with van der Waals surface area (Å²) in [5.74, 6) is 0.767. The quantitative estimate of drug-likeness (QED) is 0.579. The molecule has 1 aromatic rings. The summed E-state index contributed by atoms with van der Waals surface area (Å²) in [6.07, 6.45) is 3.14. The van der Waals surface area contributed by atoms with E-state index >= 15 is 0 Å². The summed E-state index contributed by atoms with van der Waals surface area (Å²) >= 11 is 5.82. The van der Waals surface area contributed by atoms with Gasteiger partial charge in [0.25, 0.3) is 0 Å². The first-order chi connectivity index (χ1) is 6.75. The first-order valence-corrected chi connectivity index (χ1v) is 4.95. The van der Waals surface area contributed by atoms with Crippen LogP contribution < -0.4 is 5.32 Å². The number of hydrogen-bond acceptors (Lipinski definition) is 4. The average Bonchev–Trinajstić information content (AvgIpc) is 2.19. The predicted octanol–water partition coefficient (Wildman–Crippen LogP) is 1.62. The van der Waals surface area contributed by atoms with E-state index in [2.05, 4.69) is 15.3 Å². The largest absolute Gasteiger partial charge is 0.396 e. The molecule has 0 radical (unpaired) electrons. The van der Waals surface area contributed by atoms with Gasteiger partial charge in [-0.15, -0.1) is 0 Å². The minimum Gasteiger partial charge on any atom is -0.396 e. The maximum atomic E-state index is 8.59. The maximum Gasteiger partial charge on any atom is 0.137 e. The van der Waals surface area contributed by atoms with Crippen LogP contribution in [0.25, 0.3) is 0 Å². The number of halogens is 1. The topological polar surface area (TPSA) is 58.0 Å². The number of hydrogen-bond donors (Lipinski definition) is 2. The van der Waals surface area contributed by atoms with Gasteiger partial charge in [0, 0.05) is 18.7 Å². The van der Waals surface area contributed by atoms with E-state index in [9.17, 15) is 0 Å². The molecule has 1 rings (SSSR count). The number of anilines is 1. The maximum absolute atomic E-state index is 8.59. The molecule has 0 atom stereocenters. The van der Waals surface area contributed by atoms with Gasteiger partial charge in [-0.2, -0.15) is 0 Å². The van der Waals surface area contributed by atoms with Crippen molar-refractivity contribution in [3.8, 4) is 0 Å². The number of aromatic nitrogens is 2. The number of nitrogens with zero attached hydrogens (tertiary/aromatic N) is 2. The molecule has 0 spiro atoms. The lowest BCUT2D eigenvalue weighted by Crippen LogP contribution is -2.06. The van der Waals surface area contributed by atoms with Crippen LogP contribution in [0.2, 0.25) is 5.15 Å². The van der Waals surface area contributed by atoms with E-state index in [1.807, 2.05) is 6.92 Å². The van der Waals surface area contributed by atoms with Gasteiger partial charge in [-0.25, -0.2) is 9.97 Å². The Balaban J connectivity index is 2.46. The Bertz CT molecular complexity index is 293. The smallest absolute Gasteiger partial charge is 0.137 e. The molecular weight excluding hydrogens is 202 g/mol. The zero-order valence-electron chi connectivity index (χ0n) is 8.13. The minimum atomic E-state index is 0.227. The van der Waals surface area contributed by atoms with Crippen molar-refractivity contribution in [2.45, 2.75) is 19.8 Å². The molecule has 78 valence electrons. The predicted molar refractivity (Wildman–Crippen MR) is 56.6 cm³/mol. The Morgan fingerprint density at radius 2 is 2.21 bits per heavy atom. The lowest BCUT2D eigenvalue weighted by atomic mass is 10.3. The van der Waals surface area contributed by atoms with Crippen LogP contribution in [0.1, 0.15) is 18.4 Å². The summed E-state index contributed by atoms with van der Waals surface area (Å²) in [5.41, 5.74) is 0.859. The third-order valence-corrected chi connectivity index (χ3v) is 2.28. The van der Waals surface area contributed by atoms with Crippen molar-refractivity contribution in [3.63, 3.8) is 0 Å². The summed E-state index contributed by atoms with van der Waals surface area (Å²) in [4.78, 5) is 7.93. The Labute approximate surface area is 88.3 Å². The summed E-state index contributed by atoms with van der Waals surface area (Å²) in [6.45, 7) is 2.89. The minimum absolute atomic E-state index is 0.227. The van der Waals surface area contributed by atoms with Crippen molar-refractivity contribution >= 4 is 17.4 Å². The van der Waals surface area contributed by atoms with Gasteiger partial charge in [0.05, 0.1) is 0 Å². The number of nitrogens with one attached hydrogen (secondary N) is 1. The highest BCUT2D eigenvalue weighted by Crippen LogP contribution is 2.17. The summed E-state index contributed by atoms with van der Waals surface area (Å²) in [7, 11) is 0. The fraction of sp³-hybridized carbons (Fsp3) is 0.556. The van der Waals surface area contributed by atoms with Gasteiger partial charge in [-0.05, 0) is 19.8 Å². The van der Waals surface area contributed by atoms with Crippen molar-refractivity contribution < 1.29 is 5.11 Å². The molecular formula is C9H14ClN3O. The summed E-state index contributed by atoms with van der Waals surface area (Å²) in [5, 5.41) is 12.2. The molecule has 0 aliphatic carbocycles. The highest BCUT2D eigenvalue weighted by atomic mass is 35.5. The van der Waals surface area contributed by atoms with Crippen LogP contribution in [-0.2, 0) is 0 Å². The van der Waals surface area contributed by atoms with Gasteiger partial charge < -0.3 is 10.4 Å². The van der Waals surface area contributed by atoms with Crippen molar-refractivity contribution in [1.29, 1.82) is 0 Å². The molecule has 2 N–H and O–H groups in total. The van der Waals surface area contributed by atoms with Crippen molar-refractivity contribution in [2.75, 3.05) is 18.5 Å². The Morgan fingerprint density at radius 3 is 2.93 bits per heavy atom.